The highest BCUT2D eigenvalue weighted by atomic mass is 32.2. The summed E-state index contributed by atoms with van der Waals surface area (Å²) in [6.45, 7) is 4.64. The molecule has 2 heteroatoms. The molecule has 1 aliphatic carbocycles. The normalized spacial score (nSPS) is 29.1. The van der Waals surface area contributed by atoms with Crippen LogP contribution in [0.5, 0.6) is 0 Å². The minimum Gasteiger partial charge on any atom is -0.316 e. The van der Waals surface area contributed by atoms with Gasteiger partial charge in [-0.15, -0.1) is 0 Å². The van der Waals surface area contributed by atoms with Crippen molar-refractivity contribution in [2.24, 2.45) is 5.92 Å². The van der Waals surface area contributed by atoms with Crippen molar-refractivity contribution < 1.29 is 0 Å². The van der Waals surface area contributed by atoms with Gasteiger partial charge in [-0.05, 0) is 31.6 Å². The molecule has 2 unspecified atom stereocenters. The maximum atomic E-state index is 3.50. The minimum atomic E-state index is 0.765. The van der Waals surface area contributed by atoms with Gasteiger partial charge in [0.2, 0.25) is 0 Å². The van der Waals surface area contributed by atoms with Crippen LogP contribution in [0.2, 0.25) is 0 Å². The van der Waals surface area contributed by atoms with Crippen molar-refractivity contribution in [3.05, 3.63) is 0 Å². The van der Waals surface area contributed by atoms with Gasteiger partial charge in [-0.25, -0.2) is 0 Å². The minimum absolute atomic E-state index is 0.765. The summed E-state index contributed by atoms with van der Waals surface area (Å²) < 4.78 is 0. The maximum absolute atomic E-state index is 3.50. The molecule has 14 heavy (non-hydrogen) atoms. The van der Waals surface area contributed by atoms with E-state index >= 15 is 0 Å². The zero-order valence-corrected chi connectivity index (χ0v) is 10.7. The van der Waals surface area contributed by atoms with Crippen LogP contribution in [-0.4, -0.2) is 24.1 Å². The first kappa shape index (κ1) is 12.4. The zero-order chi connectivity index (χ0) is 10.4. The topological polar surface area (TPSA) is 12.0 Å². The third kappa shape index (κ3) is 4.22. The van der Waals surface area contributed by atoms with Crippen LogP contribution in [0.15, 0.2) is 0 Å². The fraction of sp³-hybridized carbons (Fsp3) is 1.00. The van der Waals surface area contributed by atoms with E-state index in [2.05, 4.69) is 38.0 Å². The molecule has 1 aliphatic rings. The van der Waals surface area contributed by atoms with E-state index in [0.29, 0.717) is 0 Å². The molecule has 0 bridgehead atoms. The van der Waals surface area contributed by atoms with Crippen LogP contribution < -0.4 is 5.32 Å². The Bertz CT molecular complexity index is 147. The number of nitrogens with one attached hydrogen (secondary N) is 1. The van der Waals surface area contributed by atoms with Crippen LogP contribution in [0.3, 0.4) is 0 Å². The zero-order valence-electron chi connectivity index (χ0n) is 9.88. The molecule has 0 aromatic rings. The van der Waals surface area contributed by atoms with E-state index in [1.807, 2.05) is 0 Å². The van der Waals surface area contributed by atoms with Crippen molar-refractivity contribution in [2.45, 2.75) is 57.2 Å². The number of thioether (sulfide) groups is 1. The van der Waals surface area contributed by atoms with E-state index in [4.69, 9.17) is 0 Å². The van der Waals surface area contributed by atoms with E-state index in [1.165, 1.54) is 37.9 Å². The Morgan fingerprint density at radius 1 is 1.21 bits per heavy atom. The molecule has 0 saturated heterocycles. The molecule has 0 radical (unpaired) electrons. The number of hydrogen-bond acceptors (Lipinski definition) is 2. The first-order chi connectivity index (χ1) is 6.74. The molecule has 1 fully saturated rings. The van der Waals surface area contributed by atoms with Gasteiger partial charge in [0, 0.05) is 11.3 Å². The van der Waals surface area contributed by atoms with Gasteiger partial charge in [0.1, 0.15) is 0 Å². The van der Waals surface area contributed by atoms with Gasteiger partial charge < -0.3 is 5.32 Å². The highest BCUT2D eigenvalue weighted by Gasteiger charge is 2.22. The Balaban J connectivity index is 2.36. The average molecular weight is 215 g/mol. The molecule has 1 rings (SSSR count). The summed E-state index contributed by atoms with van der Waals surface area (Å²) in [5.74, 6) is 2.16. The summed E-state index contributed by atoms with van der Waals surface area (Å²) in [5.41, 5.74) is 0. The summed E-state index contributed by atoms with van der Waals surface area (Å²) in [5, 5.41) is 4.36. The van der Waals surface area contributed by atoms with Crippen molar-refractivity contribution in [3.63, 3.8) is 0 Å². The van der Waals surface area contributed by atoms with Gasteiger partial charge in [-0.1, -0.05) is 33.1 Å². The molecule has 0 aromatic carbocycles. The number of hydrogen-bond donors (Lipinski definition) is 1. The molecule has 0 spiro atoms. The molecule has 84 valence electrons. The first-order valence-electron chi connectivity index (χ1n) is 6.03. The molecule has 2 atom stereocenters. The van der Waals surface area contributed by atoms with Gasteiger partial charge >= 0.3 is 0 Å². The molecule has 0 amide bonds. The van der Waals surface area contributed by atoms with Gasteiger partial charge in [0.05, 0.1) is 0 Å². The third-order valence-electron chi connectivity index (χ3n) is 2.97. The predicted molar refractivity (Wildman–Crippen MR) is 67.0 cm³/mol. The third-order valence-corrected chi connectivity index (χ3v) is 4.82. The summed E-state index contributed by atoms with van der Waals surface area (Å²) >= 11 is 2.19. The molecule has 0 aromatic heterocycles. The Kier molecular flexibility index (Phi) is 5.95. The fourth-order valence-corrected chi connectivity index (χ4v) is 3.59. The molecule has 1 saturated carbocycles. The van der Waals surface area contributed by atoms with Crippen molar-refractivity contribution in [1.29, 1.82) is 0 Å². The second-order valence-electron chi connectivity index (χ2n) is 4.80. The van der Waals surface area contributed by atoms with Crippen molar-refractivity contribution >= 4 is 11.8 Å². The SMILES string of the molecule is CNC1CCCCCC1SCC(C)C. The van der Waals surface area contributed by atoms with E-state index in [9.17, 15) is 0 Å². The van der Waals surface area contributed by atoms with Crippen molar-refractivity contribution in [1.82, 2.24) is 5.32 Å². The highest BCUT2D eigenvalue weighted by Crippen LogP contribution is 2.28. The lowest BCUT2D eigenvalue weighted by Gasteiger charge is -2.24. The van der Waals surface area contributed by atoms with Gasteiger partial charge in [0.15, 0.2) is 0 Å². The second kappa shape index (κ2) is 6.73. The monoisotopic (exact) mass is 215 g/mol. The van der Waals surface area contributed by atoms with Crippen molar-refractivity contribution in [3.8, 4) is 0 Å². The Hall–Kier alpha value is 0.310. The van der Waals surface area contributed by atoms with Crippen LogP contribution in [-0.2, 0) is 0 Å². The largest absolute Gasteiger partial charge is 0.316 e. The van der Waals surface area contributed by atoms with E-state index in [-0.39, 0.29) is 0 Å². The van der Waals surface area contributed by atoms with E-state index < -0.39 is 0 Å². The molecule has 0 aliphatic heterocycles. The summed E-state index contributed by atoms with van der Waals surface area (Å²) in [6.07, 6.45) is 7.10. The molecule has 1 N–H and O–H groups in total. The maximum Gasteiger partial charge on any atom is 0.0201 e. The average Bonchev–Trinajstić information content (AvgIpc) is 2.38. The fourth-order valence-electron chi connectivity index (χ4n) is 2.12. The first-order valence-corrected chi connectivity index (χ1v) is 7.07. The van der Waals surface area contributed by atoms with Crippen LogP contribution in [0.4, 0.5) is 0 Å². The van der Waals surface area contributed by atoms with Gasteiger partial charge in [0.25, 0.3) is 0 Å². The smallest absolute Gasteiger partial charge is 0.0201 e. The quantitative estimate of drug-likeness (QED) is 0.722. The molecular weight excluding hydrogens is 190 g/mol. The molecule has 1 nitrogen and oxygen atoms in total. The summed E-state index contributed by atoms with van der Waals surface area (Å²) in [4.78, 5) is 0. The Morgan fingerprint density at radius 3 is 2.57 bits per heavy atom. The van der Waals surface area contributed by atoms with Crippen LogP contribution >= 0.6 is 11.8 Å². The lowest BCUT2D eigenvalue weighted by molar-refractivity contribution is 0.509. The Labute approximate surface area is 93.4 Å². The number of rotatable bonds is 4. The second-order valence-corrected chi connectivity index (χ2v) is 6.07. The molecular formula is C12H25NS. The van der Waals surface area contributed by atoms with Crippen LogP contribution in [0.1, 0.15) is 46.0 Å². The van der Waals surface area contributed by atoms with Crippen LogP contribution in [0.25, 0.3) is 0 Å². The lowest BCUT2D eigenvalue weighted by atomic mass is 10.1. The van der Waals surface area contributed by atoms with E-state index in [0.717, 1.165) is 17.2 Å². The lowest BCUT2D eigenvalue weighted by Crippen LogP contribution is -2.35. The predicted octanol–water partition coefficient (Wildman–Crippen LogP) is 3.30. The van der Waals surface area contributed by atoms with Gasteiger partial charge in [-0.2, -0.15) is 11.8 Å². The van der Waals surface area contributed by atoms with Crippen molar-refractivity contribution in [2.75, 3.05) is 12.8 Å². The Morgan fingerprint density at radius 2 is 1.93 bits per heavy atom. The summed E-state index contributed by atoms with van der Waals surface area (Å²) in [6, 6.07) is 0.765. The van der Waals surface area contributed by atoms with Crippen LogP contribution in [0, 0.1) is 5.92 Å². The van der Waals surface area contributed by atoms with Gasteiger partial charge in [-0.3, -0.25) is 0 Å². The highest BCUT2D eigenvalue weighted by molar-refractivity contribution is 7.99. The standard InChI is InChI=1S/C12H25NS/c1-10(2)9-14-12-8-6-4-5-7-11(12)13-3/h10-13H,4-9H2,1-3H3. The van der Waals surface area contributed by atoms with E-state index in [1.54, 1.807) is 0 Å². The summed E-state index contributed by atoms with van der Waals surface area (Å²) in [7, 11) is 2.12. The molecule has 0 heterocycles.